The van der Waals surface area contributed by atoms with Gasteiger partial charge in [0.1, 0.15) is 54.5 Å². The zero-order valence-electron chi connectivity index (χ0n) is 43.6. The van der Waals surface area contributed by atoms with Gasteiger partial charge in [0.05, 0.1) is 62.6 Å². The van der Waals surface area contributed by atoms with E-state index in [1.165, 1.54) is 12.0 Å². The van der Waals surface area contributed by atoms with Crippen LogP contribution in [0.25, 0.3) is 11.0 Å². The van der Waals surface area contributed by atoms with Crippen molar-refractivity contribution in [2.45, 2.75) is 138 Å². The Morgan fingerprint density at radius 2 is 1.37 bits per heavy atom. The van der Waals surface area contributed by atoms with E-state index in [0.717, 1.165) is 11.0 Å². The van der Waals surface area contributed by atoms with Crippen molar-refractivity contribution >= 4 is 58.1 Å². The number of carbonyl (C=O) groups is 7. The van der Waals surface area contributed by atoms with E-state index in [-0.39, 0.29) is 63.7 Å². The Hall–Kier alpha value is -6.44. The Labute approximate surface area is 449 Å². The second-order valence-corrected chi connectivity index (χ2v) is 19.1. The largest absolute Gasteiger partial charge is 0.469 e. The van der Waals surface area contributed by atoms with Crippen LogP contribution in [-0.4, -0.2) is 233 Å². The average molecular weight is 1110 g/mol. The number of para-hydroxylation sites is 2. The number of nitrogens with zero attached hydrogens (tertiary/aromatic N) is 3. The maximum atomic E-state index is 13.9. The average Bonchev–Trinajstić information content (AvgIpc) is 3.83. The van der Waals surface area contributed by atoms with E-state index in [0.29, 0.717) is 48.3 Å². The monoisotopic (exact) mass is 1100 g/mol. The van der Waals surface area contributed by atoms with Gasteiger partial charge >= 0.3 is 5.97 Å². The van der Waals surface area contributed by atoms with Crippen LogP contribution in [0.1, 0.15) is 79.5 Å². The lowest BCUT2D eigenvalue weighted by Gasteiger charge is -2.26. The minimum atomic E-state index is -1.96. The van der Waals surface area contributed by atoms with Crippen molar-refractivity contribution in [2.24, 2.45) is 5.73 Å². The van der Waals surface area contributed by atoms with Gasteiger partial charge in [-0.1, -0.05) is 25.0 Å². The fourth-order valence-corrected chi connectivity index (χ4v) is 8.26. The molecule has 0 saturated carbocycles. The number of aromatic amines is 1. The lowest BCUT2D eigenvalue weighted by Crippen LogP contribution is -2.52. The number of nitrogens with two attached hydrogens (primary N) is 1. The van der Waals surface area contributed by atoms with E-state index in [1.54, 1.807) is 30.1 Å². The predicted octanol–water partition coefficient (Wildman–Crippen LogP) is -5.33. The summed E-state index contributed by atoms with van der Waals surface area (Å²) in [6.45, 7) is -2.29. The molecule has 0 aliphatic carbocycles. The third kappa shape index (κ3) is 19.5. The first-order valence-corrected chi connectivity index (χ1v) is 25.6. The molecule has 11 atom stereocenters. The molecule has 3 aromatic rings. The number of benzene rings is 2. The number of fused-ring (bicyclic) bond motifs is 2. The summed E-state index contributed by atoms with van der Waals surface area (Å²) in [6.07, 6.45) is -14.4. The Balaban J connectivity index is 1.32. The number of H-pyrrole nitrogens is 1. The first kappa shape index (κ1) is 64.1. The predicted molar refractivity (Wildman–Crippen MR) is 276 cm³/mol. The van der Waals surface area contributed by atoms with Crippen molar-refractivity contribution in [1.82, 2.24) is 41.0 Å². The molecule has 78 heavy (non-hydrogen) atoms. The molecule has 28 heteroatoms. The second-order valence-electron chi connectivity index (χ2n) is 19.1. The Morgan fingerprint density at radius 3 is 1.97 bits per heavy atom. The molecular weight excluding hydrogens is 1030 g/mol. The van der Waals surface area contributed by atoms with Gasteiger partial charge in [-0.15, -0.1) is 0 Å². The fraction of sp³-hybridized carbons (Fsp3) is 0.600. The summed E-state index contributed by atoms with van der Waals surface area (Å²) < 4.78 is 4.86. The highest BCUT2D eigenvalue weighted by atomic mass is 16.5. The van der Waals surface area contributed by atoms with Crippen LogP contribution in [0.4, 0.5) is 5.69 Å². The van der Waals surface area contributed by atoms with Crippen molar-refractivity contribution < 1.29 is 89.4 Å². The highest BCUT2D eigenvalue weighted by Gasteiger charge is 2.34. The number of hydrogen-bond acceptors (Lipinski definition) is 21. The van der Waals surface area contributed by atoms with Crippen LogP contribution in [0.2, 0.25) is 0 Å². The fourth-order valence-electron chi connectivity index (χ4n) is 8.26. The molecule has 18 N–H and O–H groups in total. The van der Waals surface area contributed by atoms with E-state index >= 15 is 0 Å². The smallest absolute Gasteiger partial charge is 0.308 e. The number of anilines is 1. The molecule has 434 valence electrons. The quantitative estimate of drug-likeness (QED) is 0.0200. The minimum absolute atomic E-state index is 0.106. The molecule has 0 bridgehead atoms. The van der Waals surface area contributed by atoms with Crippen molar-refractivity contribution in [3.05, 3.63) is 59.4 Å². The highest BCUT2D eigenvalue weighted by Crippen LogP contribution is 2.27. The first-order chi connectivity index (χ1) is 37.1. The lowest BCUT2D eigenvalue weighted by molar-refractivity contribution is -0.144. The number of hydrogen-bond donors (Lipinski definition) is 17. The topological polar surface area (TPSA) is 452 Å². The van der Waals surface area contributed by atoms with Crippen molar-refractivity contribution in [2.75, 3.05) is 58.9 Å². The number of nitrogens with one attached hydrogen (secondary N) is 6. The summed E-state index contributed by atoms with van der Waals surface area (Å²) in [6, 6.07) is 8.87. The van der Waals surface area contributed by atoms with Gasteiger partial charge in [-0.05, 0) is 61.6 Å². The van der Waals surface area contributed by atoms with Gasteiger partial charge in [0.2, 0.25) is 29.5 Å². The molecule has 6 amide bonds. The van der Waals surface area contributed by atoms with Crippen LogP contribution in [0.3, 0.4) is 0 Å². The number of aliphatic hydroxyl groups excluding tert-OH is 10. The van der Waals surface area contributed by atoms with Crippen molar-refractivity contribution in [3.8, 4) is 0 Å². The maximum absolute atomic E-state index is 13.9. The number of imidazole rings is 1. The van der Waals surface area contributed by atoms with Gasteiger partial charge in [0, 0.05) is 63.9 Å². The Kier molecular flexibility index (Phi) is 26.2. The van der Waals surface area contributed by atoms with Gasteiger partial charge < -0.3 is 103 Å². The number of aliphatic hydroxyl groups is 10. The summed E-state index contributed by atoms with van der Waals surface area (Å²) in [5, 5.41) is 110. The number of carbonyl (C=O) groups excluding carboxylic acids is 7. The standard InChI is InChI=1S/C50H76N10O18/c1-59(24-39-56-31-9-5-6-10-32(31)57-39)49(76)27-11-13-30-28(19-27)23-60(50(77)34(55-30)20-42(69)78-2)18-8-4-3-7-17-52-48(75)33(14-16-41(68)54-22-36(64)44(71)46(73)38(66)26-62)58-47(74)29(51)12-15-40(67)53-21-35(63)43(70)45(72)37(65)25-61/h5-6,9-11,13,19,29,33-38,43-46,55,61-66,70-73H,3-4,7-8,12,14-18,20-26,51H2,1-2H3,(H,52,75)(H,53,67)(H,54,68)(H,56,57)(H,58,74)/t29-,33-,34?,35+,36-,37-,38+,43-,44+,45-,46+/m0/s1. The molecule has 1 aromatic heterocycles. The zero-order chi connectivity index (χ0) is 57.6. The van der Waals surface area contributed by atoms with Crippen LogP contribution >= 0.6 is 0 Å². The third-order valence-electron chi connectivity index (χ3n) is 13.1. The molecule has 28 nitrogen and oxygen atoms in total. The number of methoxy groups -OCH3 is 1. The molecule has 2 heterocycles. The van der Waals surface area contributed by atoms with Crippen molar-refractivity contribution in [1.29, 1.82) is 0 Å². The van der Waals surface area contributed by atoms with Crippen LogP contribution in [0.5, 0.6) is 0 Å². The van der Waals surface area contributed by atoms with Crippen LogP contribution in [0, 0.1) is 0 Å². The van der Waals surface area contributed by atoms with Crippen molar-refractivity contribution in [3.63, 3.8) is 0 Å². The summed E-state index contributed by atoms with van der Waals surface area (Å²) in [4.78, 5) is 103. The van der Waals surface area contributed by atoms with Crippen LogP contribution < -0.4 is 32.3 Å². The summed E-state index contributed by atoms with van der Waals surface area (Å²) in [7, 11) is 2.88. The van der Waals surface area contributed by atoms with Crippen LogP contribution in [-0.2, 0) is 46.6 Å². The van der Waals surface area contributed by atoms with Gasteiger partial charge in [-0.2, -0.15) is 0 Å². The number of unbranched alkanes of at least 4 members (excludes halogenated alkanes) is 3. The molecule has 1 aliphatic heterocycles. The van der Waals surface area contributed by atoms with Gasteiger partial charge in [0.15, 0.2) is 0 Å². The molecule has 0 spiro atoms. The number of amides is 6. The van der Waals surface area contributed by atoms with E-state index < -0.39 is 129 Å². The minimum Gasteiger partial charge on any atom is -0.469 e. The molecule has 0 fully saturated rings. The summed E-state index contributed by atoms with van der Waals surface area (Å²) >= 11 is 0. The summed E-state index contributed by atoms with van der Waals surface area (Å²) in [5.74, 6) is -3.71. The first-order valence-electron chi connectivity index (χ1n) is 25.6. The molecule has 1 aliphatic rings. The van der Waals surface area contributed by atoms with E-state index in [2.05, 4.69) is 36.6 Å². The second kappa shape index (κ2) is 31.8. The van der Waals surface area contributed by atoms with Crippen LogP contribution in [0.15, 0.2) is 42.5 Å². The van der Waals surface area contributed by atoms with Gasteiger partial charge in [0.25, 0.3) is 5.91 Å². The normalized spacial score (nSPS) is 17.3. The van der Waals surface area contributed by atoms with Gasteiger partial charge in [-0.3, -0.25) is 33.6 Å². The number of aromatic nitrogens is 2. The number of ether oxygens (including phenoxy) is 1. The van der Waals surface area contributed by atoms with E-state index in [9.17, 15) is 74.4 Å². The number of esters is 1. The third-order valence-corrected chi connectivity index (χ3v) is 13.1. The molecule has 1 unspecified atom stereocenters. The Morgan fingerprint density at radius 1 is 0.782 bits per heavy atom. The molecule has 4 rings (SSSR count). The molecule has 2 aromatic carbocycles. The molecule has 0 radical (unpaired) electrons. The Bertz CT molecular complexity index is 2420. The van der Waals surface area contributed by atoms with Gasteiger partial charge in [-0.25, -0.2) is 4.98 Å². The molecule has 0 saturated heterocycles. The van der Waals surface area contributed by atoms with E-state index in [4.69, 9.17) is 20.7 Å². The lowest BCUT2D eigenvalue weighted by atomic mass is 10.0. The molecular formula is C50H76N10O18. The maximum Gasteiger partial charge on any atom is 0.308 e. The number of rotatable bonds is 33. The summed E-state index contributed by atoms with van der Waals surface area (Å²) in [5.41, 5.74) is 9.26. The highest BCUT2D eigenvalue weighted by molar-refractivity contribution is 5.96. The zero-order valence-corrected chi connectivity index (χ0v) is 43.6. The SMILES string of the molecule is COC(=O)CC1Nc2ccc(C(=O)N(C)Cc3nc4ccccc4[nH]3)cc2CN(CCCCCCNC(=O)[C@H](CCC(=O)NC[C@H](O)[C@@H](O)[C@H](O)[C@H](O)CO)NC(=O)[C@@H](N)CCC(=O)NC[C@@H](O)[C@H](O)[C@@H](O)[C@@H](O)CO)C1=O. The van der Waals surface area contributed by atoms with E-state index in [1.807, 2.05) is 24.3 Å².